The highest BCUT2D eigenvalue weighted by Gasteiger charge is 2.15. The monoisotopic (exact) mass is 450 g/mol. The van der Waals surface area contributed by atoms with Crippen molar-refractivity contribution >= 4 is 17.5 Å². The van der Waals surface area contributed by atoms with Crippen LogP contribution in [-0.4, -0.2) is 36.0 Å². The van der Waals surface area contributed by atoms with Crippen molar-refractivity contribution in [1.82, 2.24) is 29.9 Å². The number of aromatic amines is 1. The third-order valence-corrected chi connectivity index (χ3v) is 4.39. The number of pyridine rings is 1. The van der Waals surface area contributed by atoms with Gasteiger partial charge in [0, 0.05) is 30.1 Å². The summed E-state index contributed by atoms with van der Waals surface area (Å²) in [4.78, 5) is 20.3. The van der Waals surface area contributed by atoms with Crippen molar-refractivity contribution in [2.75, 3.05) is 10.6 Å². The van der Waals surface area contributed by atoms with Crippen LogP contribution in [0.2, 0.25) is 0 Å². The minimum atomic E-state index is -0.649. The number of nitrogens with one attached hydrogen (secondary N) is 3. The van der Waals surface area contributed by atoms with Gasteiger partial charge >= 0.3 is 6.03 Å². The number of amides is 2. The van der Waals surface area contributed by atoms with Crippen LogP contribution in [0, 0.1) is 11.2 Å². The van der Waals surface area contributed by atoms with Crippen LogP contribution in [0.25, 0.3) is 5.82 Å². The van der Waals surface area contributed by atoms with Gasteiger partial charge in [0.1, 0.15) is 30.0 Å². The van der Waals surface area contributed by atoms with E-state index >= 15 is 0 Å². The van der Waals surface area contributed by atoms with Gasteiger partial charge in [0.05, 0.1) is 5.69 Å². The number of rotatable bonds is 6. The molecule has 0 saturated heterocycles. The lowest BCUT2D eigenvalue weighted by Gasteiger charge is -2.15. The molecule has 0 aliphatic rings. The highest BCUT2D eigenvalue weighted by molar-refractivity contribution is 5.99. The molecule has 10 nitrogen and oxygen atoms in total. The van der Waals surface area contributed by atoms with Crippen LogP contribution in [0.15, 0.2) is 55.2 Å². The molecule has 33 heavy (non-hydrogen) atoms. The van der Waals surface area contributed by atoms with Crippen molar-refractivity contribution < 1.29 is 13.9 Å². The zero-order valence-electron chi connectivity index (χ0n) is 18.3. The van der Waals surface area contributed by atoms with Gasteiger partial charge in [0.15, 0.2) is 11.6 Å². The number of halogens is 1. The Morgan fingerprint density at radius 2 is 1.97 bits per heavy atom. The number of carbonyl (C=O) groups is 1. The zero-order valence-corrected chi connectivity index (χ0v) is 18.3. The van der Waals surface area contributed by atoms with Crippen LogP contribution in [0.3, 0.4) is 0 Å². The van der Waals surface area contributed by atoms with Gasteiger partial charge in [-0.2, -0.15) is 10.2 Å². The minimum Gasteiger partial charge on any atom is -0.457 e. The van der Waals surface area contributed by atoms with E-state index in [9.17, 15) is 9.18 Å². The largest absolute Gasteiger partial charge is 0.457 e. The Bertz CT molecular complexity index is 1250. The number of carbonyl (C=O) groups excluding carboxylic acids is 1. The SMILES string of the molecule is CC(C)(C)Cc1cc(NC(=O)Nc2ccc(Oc3ccnc(-n4cncn4)c3)cc2F)n[nH]1. The molecule has 4 rings (SSSR count). The van der Waals surface area contributed by atoms with E-state index in [1.807, 2.05) is 0 Å². The first-order chi connectivity index (χ1) is 15.7. The van der Waals surface area contributed by atoms with Crippen LogP contribution < -0.4 is 15.4 Å². The van der Waals surface area contributed by atoms with Crippen molar-refractivity contribution in [2.24, 2.45) is 5.41 Å². The topological polar surface area (TPSA) is 123 Å². The average molecular weight is 450 g/mol. The Labute approximate surface area is 189 Å². The molecule has 0 saturated carbocycles. The van der Waals surface area contributed by atoms with E-state index < -0.39 is 11.8 Å². The maximum atomic E-state index is 14.6. The van der Waals surface area contributed by atoms with Crippen LogP contribution in [0.1, 0.15) is 26.5 Å². The fourth-order valence-corrected chi connectivity index (χ4v) is 3.07. The van der Waals surface area contributed by atoms with Crippen molar-refractivity contribution in [3.63, 3.8) is 0 Å². The Morgan fingerprint density at radius 1 is 1.15 bits per heavy atom. The number of ether oxygens (including phenoxy) is 1. The molecule has 2 amide bonds. The lowest BCUT2D eigenvalue weighted by molar-refractivity contribution is 0.262. The zero-order chi connectivity index (χ0) is 23.4. The molecule has 0 bridgehead atoms. The van der Waals surface area contributed by atoms with E-state index in [-0.39, 0.29) is 16.9 Å². The number of aromatic nitrogens is 6. The molecule has 0 radical (unpaired) electrons. The molecule has 1 aromatic carbocycles. The smallest absolute Gasteiger partial charge is 0.324 e. The van der Waals surface area contributed by atoms with Gasteiger partial charge in [-0.3, -0.25) is 10.4 Å². The summed E-state index contributed by atoms with van der Waals surface area (Å²) >= 11 is 0. The first kappa shape index (κ1) is 21.9. The molecule has 170 valence electrons. The number of nitrogens with zero attached hydrogens (tertiary/aromatic N) is 5. The number of anilines is 2. The molecule has 0 aliphatic carbocycles. The molecular weight excluding hydrogens is 427 g/mol. The van der Waals surface area contributed by atoms with Gasteiger partial charge in [-0.15, -0.1) is 0 Å². The highest BCUT2D eigenvalue weighted by atomic mass is 19.1. The predicted molar refractivity (Wildman–Crippen MR) is 120 cm³/mol. The fourth-order valence-electron chi connectivity index (χ4n) is 3.07. The lowest BCUT2D eigenvalue weighted by Crippen LogP contribution is -2.20. The van der Waals surface area contributed by atoms with Crippen LogP contribution in [0.4, 0.5) is 20.7 Å². The van der Waals surface area contributed by atoms with Crippen LogP contribution in [0.5, 0.6) is 11.5 Å². The standard InChI is InChI=1S/C22H23FN8O2/c1-22(2,3)11-14-8-19(30-29-14)28-21(32)27-18-5-4-15(9-17(18)23)33-16-6-7-25-20(10-16)31-13-24-12-26-31/h4-10,12-13H,11H2,1-3H3,(H3,27,28,29,30,32). The summed E-state index contributed by atoms with van der Waals surface area (Å²) in [5.41, 5.74) is 0.977. The van der Waals surface area contributed by atoms with Crippen LogP contribution >= 0.6 is 0 Å². The summed E-state index contributed by atoms with van der Waals surface area (Å²) in [6, 6.07) is 8.56. The van der Waals surface area contributed by atoms with Crippen molar-refractivity contribution in [2.45, 2.75) is 27.2 Å². The van der Waals surface area contributed by atoms with Gasteiger partial charge in [-0.1, -0.05) is 20.8 Å². The van der Waals surface area contributed by atoms with E-state index in [1.165, 1.54) is 29.5 Å². The molecule has 0 atom stereocenters. The predicted octanol–water partition coefficient (Wildman–Crippen LogP) is 4.55. The number of H-pyrrole nitrogens is 1. The van der Waals surface area contributed by atoms with Gasteiger partial charge in [0.2, 0.25) is 0 Å². The second-order valence-corrected chi connectivity index (χ2v) is 8.53. The number of hydrogen-bond donors (Lipinski definition) is 3. The summed E-state index contributed by atoms with van der Waals surface area (Å²) in [5, 5.41) is 16.0. The molecule has 0 aliphatic heterocycles. The fraction of sp³-hybridized carbons (Fsp3) is 0.227. The lowest BCUT2D eigenvalue weighted by atomic mass is 9.91. The molecule has 0 fully saturated rings. The molecule has 3 heterocycles. The van der Waals surface area contributed by atoms with Gasteiger partial charge in [0.25, 0.3) is 0 Å². The van der Waals surface area contributed by atoms with E-state index in [0.717, 1.165) is 12.1 Å². The quantitative estimate of drug-likeness (QED) is 0.396. The van der Waals surface area contributed by atoms with Crippen LogP contribution in [-0.2, 0) is 6.42 Å². The first-order valence-electron chi connectivity index (χ1n) is 10.2. The average Bonchev–Trinajstić information content (AvgIpc) is 3.41. The highest BCUT2D eigenvalue weighted by Crippen LogP contribution is 2.26. The first-order valence-corrected chi connectivity index (χ1v) is 10.2. The van der Waals surface area contributed by atoms with E-state index in [4.69, 9.17) is 4.74 Å². The Balaban J connectivity index is 1.38. The molecule has 4 aromatic rings. The third kappa shape index (κ3) is 5.91. The Kier molecular flexibility index (Phi) is 6.03. The van der Waals surface area contributed by atoms with Gasteiger partial charge < -0.3 is 10.1 Å². The van der Waals surface area contributed by atoms with Crippen molar-refractivity contribution in [3.8, 4) is 17.3 Å². The summed E-state index contributed by atoms with van der Waals surface area (Å²) in [6.45, 7) is 6.32. The second-order valence-electron chi connectivity index (χ2n) is 8.53. The molecule has 11 heteroatoms. The summed E-state index contributed by atoms with van der Waals surface area (Å²) in [7, 11) is 0. The van der Waals surface area contributed by atoms with Crippen molar-refractivity contribution in [3.05, 3.63) is 66.8 Å². The number of benzene rings is 1. The number of hydrogen-bond acceptors (Lipinski definition) is 6. The minimum absolute atomic E-state index is 0.00309. The third-order valence-electron chi connectivity index (χ3n) is 4.39. The second kappa shape index (κ2) is 9.07. The van der Waals surface area contributed by atoms with E-state index in [1.54, 1.807) is 30.5 Å². The summed E-state index contributed by atoms with van der Waals surface area (Å²) in [6.07, 6.45) is 5.22. The number of urea groups is 1. The van der Waals surface area contributed by atoms with Gasteiger partial charge in [-0.25, -0.2) is 23.8 Å². The molecule has 3 aromatic heterocycles. The molecule has 0 unspecified atom stereocenters. The Hall–Kier alpha value is -4.28. The maximum Gasteiger partial charge on any atom is 0.324 e. The van der Waals surface area contributed by atoms with E-state index in [2.05, 4.69) is 56.7 Å². The summed E-state index contributed by atoms with van der Waals surface area (Å²) < 4.78 is 21.8. The molecular formula is C22H23FN8O2. The van der Waals surface area contributed by atoms with E-state index in [0.29, 0.717) is 17.4 Å². The Morgan fingerprint density at radius 3 is 2.70 bits per heavy atom. The normalized spacial score (nSPS) is 11.3. The van der Waals surface area contributed by atoms with Gasteiger partial charge in [-0.05, 0) is 30.0 Å². The molecule has 0 spiro atoms. The maximum absolute atomic E-state index is 14.6. The summed E-state index contributed by atoms with van der Waals surface area (Å²) in [5.74, 6) is 0.910. The van der Waals surface area contributed by atoms with Crippen molar-refractivity contribution in [1.29, 1.82) is 0 Å². The molecule has 3 N–H and O–H groups in total.